The SMILES string of the molecule is O=C1CCc2cc(OCCCCS(=O)(=O)c3ccccc3)ccc2N1. The normalized spacial score (nSPS) is 13.8. The molecular formula is C19H21NO4S. The number of unbranched alkanes of at least 4 members (excludes halogenated alkanes) is 1. The first-order valence-corrected chi connectivity index (χ1v) is 10.0. The number of carbonyl (C=O) groups is 1. The number of hydrogen-bond donors (Lipinski definition) is 1. The Morgan fingerprint density at radius 2 is 1.80 bits per heavy atom. The predicted octanol–water partition coefficient (Wildman–Crippen LogP) is 3.20. The second kappa shape index (κ2) is 7.70. The quantitative estimate of drug-likeness (QED) is 0.771. The molecule has 0 bridgehead atoms. The molecule has 0 spiro atoms. The van der Waals surface area contributed by atoms with Crippen molar-refractivity contribution in [2.75, 3.05) is 17.7 Å². The molecule has 25 heavy (non-hydrogen) atoms. The monoisotopic (exact) mass is 359 g/mol. The first-order valence-electron chi connectivity index (χ1n) is 8.38. The van der Waals surface area contributed by atoms with Crippen molar-refractivity contribution in [3.63, 3.8) is 0 Å². The van der Waals surface area contributed by atoms with E-state index in [4.69, 9.17) is 4.74 Å². The molecule has 0 aromatic heterocycles. The van der Waals surface area contributed by atoms with Crippen molar-refractivity contribution in [1.82, 2.24) is 0 Å². The maximum atomic E-state index is 12.2. The van der Waals surface area contributed by atoms with Crippen LogP contribution in [0.4, 0.5) is 5.69 Å². The number of hydrogen-bond acceptors (Lipinski definition) is 4. The fourth-order valence-electron chi connectivity index (χ4n) is 2.78. The maximum Gasteiger partial charge on any atom is 0.224 e. The van der Waals surface area contributed by atoms with Crippen LogP contribution in [-0.4, -0.2) is 26.7 Å². The maximum absolute atomic E-state index is 12.2. The van der Waals surface area contributed by atoms with E-state index in [1.165, 1.54) is 0 Å². The number of amides is 1. The molecule has 6 heteroatoms. The standard InChI is InChI=1S/C19H21NO4S/c21-19-11-8-15-14-16(9-10-18(15)20-19)24-12-4-5-13-25(22,23)17-6-2-1-3-7-17/h1-3,6-7,9-10,14H,4-5,8,11-13H2,(H,20,21). The smallest absolute Gasteiger partial charge is 0.224 e. The van der Waals surface area contributed by atoms with Crippen molar-refractivity contribution in [2.45, 2.75) is 30.6 Å². The van der Waals surface area contributed by atoms with Crippen molar-refractivity contribution in [2.24, 2.45) is 0 Å². The van der Waals surface area contributed by atoms with Gasteiger partial charge in [-0.05, 0) is 55.2 Å². The number of fused-ring (bicyclic) bond motifs is 1. The molecular weight excluding hydrogens is 338 g/mol. The van der Waals surface area contributed by atoms with Gasteiger partial charge in [0.1, 0.15) is 5.75 Å². The molecule has 1 heterocycles. The molecule has 1 N–H and O–H groups in total. The highest BCUT2D eigenvalue weighted by Crippen LogP contribution is 2.26. The first-order chi connectivity index (χ1) is 12.0. The Morgan fingerprint density at radius 1 is 1.00 bits per heavy atom. The largest absolute Gasteiger partial charge is 0.494 e. The number of nitrogens with one attached hydrogen (secondary N) is 1. The highest BCUT2D eigenvalue weighted by atomic mass is 32.2. The van der Waals surface area contributed by atoms with Crippen LogP contribution in [0.1, 0.15) is 24.8 Å². The molecule has 1 aliphatic heterocycles. The summed E-state index contributed by atoms with van der Waals surface area (Å²) in [6.45, 7) is 0.468. The topological polar surface area (TPSA) is 72.5 Å². The number of benzene rings is 2. The zero-order chi connectivity index (χ0) is 17.7. The number of sulfone groups is 1. The van der Waals surface area contributed by atoms with Crippen LogP contribution in [0.5, 0.6) is 5.75 Å². The van der Waals surface area contributed by atoms with Crippen LogP contribution in [-0.2, 0) is 21.1 Å². The van der Waals surface area contributed by atoms with Gasteiger partial charge in [0.15, 0.2) is 9.84 Å². The predicted molar refractivity (Wildman–Crippen MR) is 96.6 cm³/mol. The lowest BCUT2D eigenvalue weighted by Gasteiger charge is -2.17. The van der Waals surface area contributed by atoms with Gasteiger partial charge < -0.3 is 10.1 Å². The van der Waals surface area contributed by atoms with E-state index in [0.29, 0.717) is 37.2 Å². The molecule has 5 nitrogen and oxygen atoms in total. The van der Waals surface area contributed by atoms with Gasteiger partial charge in [0.2, 0.25) is 5.91 Å². The summed E-state index contributed by atoms with van der Waals surface area (Å²) in [5.41, 5.74) is 1.92. The number of carbonyl (C=O) groups excluding carboxylic acids is 1. The Kier molecular flexibility index (Phi) is 5.38. The molecule has 132 valence electrons. The van der Waals surface area contributed by atoms with Crippen molar-refractivity contribution >= 4 is 21.4 Å². The number of ether oxygens (including phenoxy) is 1. The van der Waals surface area contributed by atoms with Gasteiger partial charge in [-0.2, -0.15) is 0 Å². The fraction of sp³-hybridized carbons (Fsp3) is 0.316. The summed E-state index contributed by atoms with van der Waals surface area (Å²) in [7, 11) is -3.22. The molecule has 0 saturated heterocycles. The third kappa shape index (κ3) is 4.60. The lowest BCUT2D eigenvalue weighted by molar-refractivity contribution is -0.116. The Labute approximate surface area is 147 Å². The van der Waals surface area contributed by atoms with E-state index in [-0.39, 0.29) is 11.7 Å². The summed E-state index contributed by atoms with van der Waals surface area (Å²) in [5, 5.41) is 2.83. The minimum Gasteiger partial charge on any atom is -0.494 e. The van der Waals surface area contributed by atoms with Crippen molar-refractivity contribution in [3.8, 4) is 5.75 Å². The second-order valence-electron chi connectivity index (χ2n) is 6.05. The summed E-state index contributed by atoms with van der Waals surface area (Å²) < 4.78 is 30.1. The molecule has 2 aromatic rings. The Morgan fingerprint density at radius 3 is 2.60 bits per heavy atom. The molecule has 0 radical (unpaired) electrons. The van der Waals surface area contributed by atoms with Crippen LogP contribution in [0.2, 0.25) is 0 Å². The van der Waals surface area contributed by atoms with E-state index in [1.54, 1.807) is 30.3 Å². The Bertz CT molecular complexity index is 847. The van der Waals surface area contributed by atoms with Crippen molar-refractivity contribution < 1.29 is 17.9 Å². The van der Waals surface area contributed by atoms with Crippen LogP contribution >= 0.6 is 0 Å². The summed E-state index contributed by atoms with van der Waals surface area (Å²) in [4.78, 5) is 11.7. The van der Waals surface area contributed by atoms with E-state index in [9.17, 15) is 13.2 Å². The van der Waals surface area contributed by atoms with Gasteiger partial charge in [0.05, 0.1) is 17.3 Å². The third-order valence-electron chi connectivity index (χ3n) is 4.15. The third-order valence-corrected chi connectivity index (χ3v) is 5.97. The minimum absolute atomic E-state index is 0.0424. The molecule has 2 aromatic carbocycles. The van der Waals surface area contributed by atoms with Crippen molar-refractivity contribution in [1.29, 1.82) is 0 Å². The molecule has 1 aliphatic rings. The van der Waals surface area contributed by atoms with Crippen LogP contribution in [0, 0.1) is 0 Å². The number of rotatable bonds is 7. The molecule has 0 saturated carbocycles. The average molecular weight is 359 g/mol. The van der Waals surface area contributed by atoms with Gasteiger partial charge in [0, 0.05) is 12.1 Å². The van der Waals surface area contributed by atoms with Crippen molar-refractivity contribution in [3.05, 3.63) is 54.1 Å². The summed E-state index contributed by atoms with van der Waals surface area (Å²) in [6.07, 6.45) is 2.43. The summed E-state index contributed by atoms with van der Waals surface area (Å²) in [6, 6.07) is 14.1. The van der Waals surface area contributed by atoms with Crippen LogP contribution in [0.3, 0.4) is 0 Å². The summed E-state index contributed by atoms with van der Waals surface area (Å²) in [5.74, 6) is 0.915. The zero-order valence-corrected chi connectivity index (χ0v) is 14.7. The molecule has 0 atom stereocenters. The van der Waals surface area contributed by atoms with Gasteiger partial charge >= 0.3 is 0 Å². The Balaban J connectivity index is 1.45. The van der Waals surface area contributed by atoms with Gasteiger partial charge in [-0.15, -0.1) is 0 Å². The first kappa shape index (κ1) is 17.5. The van der Waals surface area contributed by atoms with Crippen LogP contribution < -0.4 is 10.1 Å². The zero-order valence-electron chi connectivity index (χ0n) is 13.9. The van der Waals surface area contributed by atoms with Gasteiger partial charge in [-0.1, -0.05) is 18.2 Å². The van der Waals surface area contributed by atoms with E-state index in [1.807, 2.05) is 18.2 Å². The summed E-state index contributed by atoms with van der Waals surface area (Å²) >= 11 is 0. The molecule has 3 rings (SSSR count). The Hall–Kier alpha value is -2.34. The lowest BCUT2D eigenvalue weighted by atomic mass is 10.0. The lowest BCUT2D eigenvalue weighted by Crippen LogP contribution is -2.18. The number of anilines is 1. The fourth-order valence-corrected chi connectivity index (χ4v) is 4.17. The minimum atomic E-state index is -3.22. The van der Waals surface area contributed by atoms with Gasteiger partial charge in [0.25, 0.3) is 0 Å². The highest BCUT2D eigenvalue weighted by Gasteiger charge is 2.15. The molecule has 1 amide bonds. The molecule has 0 fully saturated rings. The average Bonchev–Trinajstić information content (AvgIpc) is 2.62. The number of aryl methyl sites for hydroxylation is 1. The highest BCUT2D eigenvalue weighted by molar-refractivity contribution is 7.91. The second-order valence-corrected chi connectivity index (χ2v) is 8.16. The van der Waals surface area contributed by atoms with Gasteiger partial charge in [-0.25, -0.2) is 8.42 Å². The van der Waals surface area contributed by atoms with E-state index in [0.717, 1.165) is 17.0 Å². The van der Waals surface area contributed by atoms with E-state index in [2.05, 4.69) is 5.32 Å². The van der Waals surface area contributed by atoms with E-state index >= 15 is 0 Å². The molecule has 0 aliphatic carbocycles. The molecule has 0 unspecified atom stereocenters. The van der Waals surface area contributed by atoms with Crippen LogP contribution in [0.15, 0.2) is 53.4 Å². The van der Waals surface area contributed by atoms with E-state index < -0.39 is 9.84 Å². The van der Waals surface area contributed by atoms with Crippen LogP contribution in [0.25, 0.3) is 0 Å². The van der Waals surface area contributed by atoms with Gasteiger partial charge in [-0.3, -0.25) is 4.79 Å².